The van der Waals surface area contributed by atoms with Gasteiger partial charge in [-0.05, 0) is 42.0 Å². The van der Waals surface area contributed by atoms with E-state index in [-0.39, 0.29) is 21.7 Å². The summed E-state index contributed by atoms with van der Waals surface area (Å²) in [4.78, 5) is 23.2. The molecular weight excluding hydrogens is 380 g/mol. The molecular formula is C20H15N2O5S-. The van der Waals surface area contributed by atoms with E-state index >= 15 is 0 Å². The van der Waals surface area contributed by atoms with Crippen molar-refractivity contribution in [2.75, 3.05) is 10.0 Å². The molecule has 0 saturated carbocycles. The van der Waals surface area contributed by atoms with Crippen LogP contribution in [0.3, 0.4) is 0 Å². The van der Waals surface area contributed by atoms with Crippen LogP contribution >= 0.6 is 0 Å². The van der Waals surface area contributed by atoms with E-state index in [9.17, 15) is 23.1 Å². The Morgan fingerprint density at radius 2 is 1.39 bits per heavy atom. The zero-order chi connectivity index (χ0) is 20.1. The van der Waals surface area contributed by atoms with Crippen LogP contribution < -0.4 is 15.1 Å². The summed E-state index contributed by atoms with van der Waals surface area (Å²) in [5, 5.41) is 13.5. The van der Waals surface area contributed by atoms with Crippen LogP contribution in [0.5, 0.6) is 0 Å². The lowest BCUT2D eigenvalue weighted by molar-refractivity contribution is -0.255. The molecule has 0 atom stereocenters. The second-order valence-corrected chi connectivity index (χ2v) is 7.47. The minimum atomic E-state index is -4.03. The molecule has 0 aliphatic carbocycles. The Kier molecular flexibility index (Phi) is 5.42. The monoisotopic (exact) mass is 395 g/mol. The van der Waals surface area contributed by atoms with Crippen LogP contribution in [0.15, 0.2) is 83.8 Å². The van der Waals surface area contributed by atoms with E-state index in [4.69, 9.17) is 0 Å². The molecule has 3 aromatic rings. The van der Waals surface area contributed by atoms with Gasteiger partial charge in [-0.3, -0.25) is 9.52 Å². The molecule has 3 rings (SSSR count). The van der Waals surface area contributed by atoms with Gasteiger partial charge in [-0.1, -0.05) is 42.5 Å². The van der Waals surface area contributed by atoms with Crippen molar-refractivity contribution in [3.05, 3.63) is 90.0 Å². The average Bonchev–Trinajstić information content (AvgIpc) is 2.69. The molecule has 142 valence electrons. The maximum atomic E-state index is 12.6. The number of nitrogens with one attached hydrogen (secondary N) is 2. The number of carboxylic acids is 1. The molecule has 8 heteroatoms. The Hall–Kier alpha value is -3.65. The molecule has 3 aromatic carbocycles. The third-order valence-corrected chi connectivity index (χ3v) is 5.23. The van der Waals surface area contributed by atoms with Crippen molar-refractivity contribution in [3.63, 3.8) is 0 Å². The number of benzene rings is 3. The summed E-state index contributed by atoms with van der Waals surface area (Å²) in [5.41, 5.74) is 0.672. The number of carbonyl (C=O) groups excluding carboxylic acids is 2. The first kappa shape index (κ1) is 19.1. The highest BCUT2D eigenvalue weighted by molar-refractivity contribution is 7.92. The van der Waals surface area contributed by atoms with E-state index in [0.29, 0.717) is 5.69 Å². The molecule has 0 radical (unpaired) electrons. The Morgan fingerprint density at radius 3 is 2.04 bits per heavy atom. The zero-order valence-electron chi connectivity index (χ0n) is 14.5. The first-order chi connectivity index (χ1) is 13.4. The van der Waals surface area contributed by atoms with Crippen molar-refractivity contribution < 1.29 is 23.1 Å². The van der Waals surface area contributed by atoms with Crippen LogP contribution in [0.2, 0.25) is 0 Å². The van der Waals surface area contributed by atoms with Gasteiger partial charge in [0.05, 0.1) is 22.1 Å². The Labute approximate surface area is 161 Å². The minimum absolute atomic E-state index is 0.0971. The normalized spacial score (nSPS) is 10.9. The van der Waals surface area contributed by atoms with Gasteiger partial charge in [0.15, 0.2) is 0 Å². The van der Waals surface area contributed by atoms with Gasteiger partial charge in [-0.2, -0.15) is 0 Å². The summed E-state index contributed by atoms with van der Waals surface area (Å²) in [5.74, 6) is -1.88. The molecule has 0 heterocycles. The molecule has 0 aromatic heterocycles. The number of aromatic carboxylic acids is 1. The highest BCUT2D eigenvalue weighted by Crippen LogP contribution is 2.21. The predicted molar refractivity (Wildman–Crippen MR) is 102 cm³/mol. The number of anilines is 2. The van der Waals surface area contributed by atoms with Gasteiger partial charge in [0.1, 0.15) is 0 Å². The van der Waals surface area contributed by atoms with Crippen LogP contribution in [-0.4, -0.2) is 20.3 Å². The third kappa shape index (κ3) is 4.36. The molecule has 0 aliphatic heterocycles. The van der Waals surface area contributed by atoms with Gasteiger partial charge in [-0.15, -0.1) is 0 Å². The third-order valence-electron chi connectivity index (χ3n) is 3.85. The standard InChI is InChI=1S/C20H16N2O5S/c23-19(21-15-6-2-1-3-7-15)17-8-4-5-9-18(17)22-28(26,27)16-12-10-14(11-13-16)20(24)25/h1-13,22H,(H,21,23)(H,24,25)/p-1. The molecule has 0 aliphatic rings. The van der Waals surface area contributed by atoms with Crippen LogP contribution in [0.25, 0.3) is 0 Å². The minimum Gasteiger partial charge on any atom is -0.545 e. The lowest BCUT2D eigenvalue weighted by atomic mass is 10.1. The maximum Gasteiger partial charge on any atom is 0.261 e. The number of para-hydroxylation sites is 2. The van der Waals surface area contributed by atoms with Crippen molar-refractivity contribution in [2.24, 2.45) is 0 Å². The SMILES string of the molecule is O=C([O-])c1ccc(S(=O)(=O)Nc2ccccc2C(=O)Nc2ccccc2)cc1. The highest BCUT2D eigenvalue weighted by atomic mass is 32.2. The van der Waals surface area contributed by atoms with Crippen molar-refractivity contribution in [2.45, 2.75) is 4.90 Å². The smallest absolute Gasteiger partial charge is 0.261 e. The maximum absolute atomic E-state index is 12.6. The number of hydrogen-bond donors (Lipinski definition) is 2. The topological polar surface area (TPSA) is 115 Å². The molecule has 7 nitrogen and oxygen atoms in total. The lowest BCUT2D eigenvalue weighted by Gasteiger charge is -2.13. The second-order valence-electron chi connectivity index (χ2n) is 5.78. The molecule has 0 saturated heterocycles. The average molecular weight is 395 g/mol. The van der Waals surface area contributed by atoms with Gasteiger partial charge >= 0.3 is 0 Å². The highest BCUT2D eigenvalue weighted by Gasteiger charge is 2.18. The number of sulfonamides is 1. The van der Waals surface area contributed by atoms with E-state index in [0.717, 1.165) is 24.3 Å². The molecule has 0 fully saturated rings. The van der Waals surface area contributed by atoms with E-state index in [2.05, 4.69) is 10.0 Å². The van der Waals surface area contributed by atoms with E-state index < -0.39 is 21.9 Å². The van der Waals surface area contributed by atoms with Gasteiger partial charge in [0.25, 0.3) is 15.9 Å². The fourth-order valence-electron chi connectivity index (χ4n) is 2.46. The van der Waals surface area contributed by atoms with Crippen LogP contribution in [-0.2, 0) is 10.0 Å². The fraction of sp³-hybridized carbons (Fsp3) is 0. The predicted octanol–water partition coefficient (Wildman–Crippen LogP) is 2.10. The van der Waals surface area contributed by atoms with Gasteiger partial charge < -0.3 is 15.2 Å². The first-order valence-corrected chi connectivity index (χ1v) is 9.65. The van der Waals surface area contributed by atoms with Gasteiger partial charge in [0, 0.05) is 5.69 Å². The quantitative estimate of drug-likeness (QED) is 0.663. The Balaban J connectivity index is 1.86. The van der Waals surface area contributed by atoms with Crippen molar-refractivity contribution in [3.8, 4) is 0 Å². The lowest BCUT2D eigenvalue weighted by Crippen LogP contribution is -2.22. The molecule has 0 bridgehead atoms. The Bertz CT molecular complexity index is 1110. The van der Waals surface area contributed by atoms with E-state index in [1.165, 1.54) is 12.1 Å². The fourth-order valence-corrected chi connectivity index (χ4v) is 3.54. The molecule has 2 N–H and O–H groups in total. The van der Waals surface area contributed by atoms with Crippen LogP contribution in [0.4, 0.5) is 11.4 Å². The number of rotatable bonds is 6. The summed E-state index contributed by atoms with van der Waals surface area (Å²) in [7, 11) is -4.03. The Morgan fingerprint density at radius 1 is 0.786 bits per heavy atom. The van der Waals surface area contributed by atoms with Crippen molar-refractivity contribution >= 4 is 33.3 Å². The summed E-state index contributed by atoms with van der Waals surface area (Å²) in [6.45, 7) is 0. The van der Waals surface area contributed by atoms with E-state index in [1.54, 1.807) is 36.4 Å². The summed E-state index contributed by atoms with van der Waals surface area (Å²) in [6, 6.07) is 19.5. The van der Waals surface area contributed by atoms with Crippen molar-refractivity contribution in [1.82, 2.24) is 0 Å². The molecule has 0 spiro atoms. The molecule has 1 amide bonds. The molecule has 28 heavy (non-hydrogen) atoms. The summed E-state index contributed by atoms with van der Waals surface area (Å²) < 4.78 is 27.6. The van der Waals surface area contributed by atoms with Gasteiger partial charge in [-0.25, -0.2) is 8.42 Å². The van der Waals surface area contributed by atoms with Crippen molar-refractivity contribution in [1.29, 1.82) is 0 Å². The van der Waals surface area contributed by atoms with E-state index in [1.807, 2.05) is 6.07 Å². The second kappa shape index (κ2) is 7.93. The number of amides is 1. The van der Waals surface area contributed by atoms with Crippen LogP contribution in [0, 0.1) is 0 Å². The number of carbonyl (C=O) groups is 2. The molecule has 0 unspecified atom stereocenters. The van der Waals surface area contributed by atoms with Crippen LogP contribution in [0.1, 0.15) is 20.7 Å². The first-order valence-electron chi connectivity index (χ1n) is 8.16. The largest absolute Gasteiger partial charge is 0.545 e. The summed E-state index contributed by atoms with van der Waals surface area (Å²) in [6.07, 6.45) is 0. The number of hydrogen-bond acceptors (Lipinski definition) is 5. The van der Waals surface area contributed by atoms with Gasteiger partial charge in [0.2, 0.25) is 0 Å². The summed E-state index contributed by atoms with van der Waals surface area (Å²) >= 11 is 0. The number of carboxylic acid groups (broad SMARTS) is 1. The zero-order valence-corrected chi connectivity index (χ0v) is 15.3.